The molecule has 0 N–H and O–H groups in total. The van der Waals surface area contributed by atoms with E-state index in [-0.39, 0.29) is 24.0 Å². The zero-order valence-electron chi connectivity index (χ0n) is 28.9. The predicted octanol–water partition coefficient (Wildman–Crippen LogP) is 7.87. The zero-order chi connectivity index (χ0) is 35.7. The third kappa shape index (κ3) is 9.14. The maximum atomic E-state index is 12.4. The third-order valence-corrected chi connectivity index (χ3v) is 9.40. The normalized spacial score (nSPS) is 18.7. The van der Waals surface area contributed by atoms with E-state index >= 15 is 0 Å². The summed E-state index contributed by atoms with van der Waals surface area (Å²) in [7, 11) is 1.61. The quantitative estimate of drug-likeness (QED) is 0.190. The van der Waals surface area contributed by atoms with E-state index < -0.39 is 11.2 Å². The van der Waals surface area contributed by atoms with Crippen LogP contribution in [0.2, 0.25) is 5.15 Å². The fourth-order valence-electron chi connectivity index (χ4n) is 5.83. The lowest BCUT2D eigenvalue weighted by Gasteiger charge is -2.34. The van der Waals surface area contributed by atoms with Crippen LogP contribution >= 0.6 is 43.5 Å². The maximum Gasteiger partial charge on any atom is 0.410 e. The zero-order valence-corrected chi connectivity index (χ0v) is 32.8. The highest BCUT2D eigenvalue weighted by Gasteiger charge is 2.31. The predicted molar refractivity (Wildman–Crippen MR) is 192 cm³/mol. The van der Waals surface area contributed by atoms with Crippen molar-refractivity contribution in [1.29, 1.82) is 0 Å². The van der Waals surface area contributed by atoms with Gasteiger partial charge in [-0.25, -0.2) is 24.1 Å². The van der Waals surface area contributed by atoms with Crippen LogP contribution in [0.5, 0.6) is 5.88 Å². The van der Waals surface area contributed by atoms with Gasteiger partial charge in [0.05, 0.1) is 39.8 Å². The monoisotopic (exact) mass is 824 g/mol. The first-order valence-electron chi connectivity index (χ1n) is 16.3. The van der Waals surface area contributed by atoms with Crippen molar-refractivity contribution in [3.05, 3.63) is 50.0 Å². The van der Waals surface area contributed by atoms with E-state index in [1.165, 1.54) is 0 Å². The summed E-state index contributed by atoms with van der Waals surface area (Å²) < 4.78 is 21.3. The number of piperidine rings is 2. The molecule has 266 valence electrons. The number of nitrogens with zero attached hydrogens (tertiary/aromatic N) is 8. The van der Waals surface area contributed by atoms with Crippen LogP contribution in [-0.2, 0) is 9.47 Å². The van der Waals surface area contributed by atoms with E-state index in [9.17, 15) is 9.59 Å². The Morgan fingerprint density at radius 2 is 1.22 bits per heavy atom. The highest BCUT2D eigenvalue weighted by atomic mass is 79.9. The SMILES string of the molecule is CC(C)(C)OC(=O)N1CCCC(c2cc(Cl)n3ncc(Br)c3n2)C1.COc1cc(C2CCCN(C(=O)OC(C)(C)C)C2)nc2c(Br)cnn12. The lowest BCUT2D eigenvalue weighted by molar-refractivity contribution is 0.0187. The van der Waals surface area contributed by atoms with Crippen LogP contribution in [0.4, 0.5) is 9.59 Å². The molecule has 2 unspecified atom stereocenters. The summed E-state index contributed by atoms with van der Waals surface area (Å²) in [5.41, 5.74) is 2.19. The van der Waals surface area contributed by atoms with Gasteiger partial charge in [0.2, 0.25) is 5.88 Å². The Balaban J connectivity index is 0.000000191. The molecule has 6 rings (SSSR count). The molecule has 2 fully saturated rings. The van der Waals surface area contributed by atoms with Crippen molar-refractivity contribution in [2.24, 2.45) is 0 Å². The maximum absolute atomic E-state index is 12.4. The number of rotatable bonds is 3. The summed E-state index contributed by atoms with van der Waals surface area (Å²) >= 11 is 13.2. The fourth-order valence-corrected chi connectivity index (χ4v) is 6.76. The van der Waals surface area contributed by atoms with Crippen molar-refractivity contribution in [2.45, 2.75) is 90.3 Å². The van der Waals surface area contributed by atoms with Gasteiger partial charge in [0.25, 0.3) is 0 Å². The largest absolute Gasteiger partial charge is 0.481 e. The first kappa shape index (κ1) is 37.1. The smallest absolute Gasteiger partial charge is 0.410 e. The molecule has 0 aromatic carbocycles. The Hall–Kier alpha value is -3.17. The Labute approximate surface area is 307 Å². The molecule has 49 heavy (non-hydrogen) atoms. The number of ether oxygens (including phenoxy) is 3. The van der Waals surface area contributed by atoms with E-state index in [0.717, 1.165) is 46.0 Å². The molecular weight excluding hydrogens is 784 g/mol. The third-order valence-electron chi connectivity index (χ3n) is 8.01. The summed E-state index contributed by atoms with van der Waals surface area (Å²) in [4.78, 5) is 37.6. The molecule has 6 heterocycles. The molecule has 2 aliphatic heterocycles. The van der Waals surface area contributed by atoms with Gasteiger partial charge >= 0.3 is 12.2 Å². The van der Waals surface area contributed by atoms with Crippen LogP contribution in [0, 0.1) is 0 Å². The molecular formula is C33H43Br2ClN8O5. The van der Waals surface area contributed by atoms with E-state index in [0.29, 0.717) is 48.5 Å². The second-order valence-electron chi connectivity index (χ2n) is 14.2. The van der Waals surface area contributed by atoms with Crippen molar-refractivity contribution in [1.82, 2.24) is 39.0 Å². The van der Waals surface area contributed by atoms with Gasteiger partial charge in [-0.1, -0.05) is 11.6 Å². The topological polar surface area (TPSA) is 129 Å². The summed E-state index contributed by atoms with van der Waals surface area (Å²) in [6.07, 6.45) is 6.59. The summed E-state index contributed by atoms with van der Waals surface area (Å²) in [6.45, 7) is 13.8. The van der Waals surface area contributed by atoms with E-state index in [1.54, 1.807) is 38.3 Å². The Bertz CT molecular complexity index is 1820. The first-order chi connectivity index (χ1) is 23.0. The molecule has 13 nitrogen and oxygen atoms in total. The fraction of sp³-hybridized carbons (Fsp3) is 0.576. The number of amides is 2. The van der Waals surface area contributed by atoms with Gasteiger partial charge in [0.15, 0.2) is 11.3 Å². The van der Waals surface area contributed by atoms with Gasteiger partial charge < -0.3 is 24.0 Å². The summed E-state index contributed by atoms with van der Waals surface area (Å²) in [6, 6.07) is 3.73. The van der Waals surface area contributed by atoms with Gasteiger partial charge in [-0.3, -0.25) is 0 Å². The first-order valence-corrected chi connectivity index (χ1v) is 18.2. The Kier molecular flexibility index (Phi) is 11.3. The molecule has 2 atom stereocenters. The van der Waals surface area contributed by atoms with Crippen LogP contribution in [-0.4, -0.2) is 95.7 Å². The molecule has 2 aliphatic rings. The second-order valence-corrected chi connectivity index (χ2v) is 16.3. The number of aromatic nitrogens is 6. The number of methoxy groups -OCH3 is 1. The van der Waals surface area contributed by atoms with Crippen LogP contribution in [0.15, 0.2) is 33.5 Å². The average Bonchev–Trinajstić information content (AvgIpc) is 3.61. The van der Waals surface area contributed by atoms with Crippen LogP contribution in [0.25, 0.3) is 11.3 Å². The van der Waals surface area contributed by atoms with E-state index in [1.807, 2.05) is 53.7 Å². The highest BCUT2D eigenvalue weighted by molar-refractivity contribution is 9.11. The molecule has 16 heteroatoms. The lowest BCUT2D eigenvalue weighted by atomic mass is 9.94. The molecule has 4 aromatic rings. The lowest BCUT2D eigenvalue weighted by Crippen LogP contribution is -2.42. The number of carbonyl (C=O) groups excluding carboxylic acids is 2. The standard InChI is InChI=1S/C17H23BrN4O3.C16H20BrClN4O2/c1-17(2,3)25-16(23)21-7-5-6-11(10-21)13-8-14(24-4)22-15(20-13)12(18)9-19-22;1-16(2,3)24-15(23)21-6-4-5-10(9-21)12-7-13(18)22-14(20-12)11(17)8-19-22/h8-9,11H,5-7,10H2,1-4H3;7-8,10H,4-6,9H2,1-3H3. The number of hydrogen-bond acceptors (Lipinski definition) is 9. The molecule has 2 amide bonds. The van der Waals surface area contributed by atoms with Gasteiger partial charge in [-0.05, 0) is 105 Å². The molecule has 0 bridgehead atoms. The summed E-state index contributed by atoms with van der Waals surface area (Å²) in [5, 5.41) is 8.94. The van der Waals surface area contributed by atoms with E-state index in [4.69, 9.17) is 30.8 Å². The van der Waals surface area contributed by atoms with E-state index in [2.05, 4.69) is 47.0 Å². The minimum absolute atomic E-state index is 0.135. The molecule has 0 radical (unpaired) electrons. The van der Waals surface area contributed by atoms with Crippen molar-refractivity contribution < 1.29 is 23.8 Å². The van der Waals surface area contributed by atoms with Crippen LogP contribution in [0.3, 0.4) is 0 Å². The molecule has 0 aliphatic carbocycles. The Morgan fingerprint density at radius 3 is 1.69 bits per heavy atom. The van der Waals surface area contributed by atoms with Crippen molar-refractivity contribution in [3.8, 4) is 5.88 Å². The minimum Gasteiger partial charge on any atom is -0.481 e. The van der Waals surface area contributed by atoms with Gasteiger partial charge in [-0.15, -0.1) is 0 Å². The number of hydrogen-bond donors (Lipinski definition) is 0. The minimum atomic E-state index is -0.493. The number of fused-ring (bicyclic) bond motifs is 2. The van der Waals surface area contributed by atoms with Gasteiger partial charge in [0, 0.05) is 44.1 Å². The van der Waals surface area contributed by atoms with Crippen LogP contribution in [0.1, 0.15) is 90.4 Å². The Morgan fingerprint density at radius 1 is 0.776 bits per heavy atom. The van der Waals surface area contributed by atoms with Crippen LogP contribution < -0.4 is 4.74 Å². The number of likely N-dealkylation sites (tertiary alicyclic amines) is 2. The average molecular weight is 827 g/mol. The number of halogens is 3. The summed E-state index contributed by atoms with van der Waals surface area (Å²) in [5.74, 6) is 0.901. The van der Waals surface area contributed by atoms with Gasteiger partial charge in [0.1, 0.15) is 16.4 Å². The number of carbonyl (C=O) groups is 2. The van der Waals surface area contributed by atoms with Crippen molar-refractivity contribution in [2.75, 3.05) is 33.3 Å². The second kappa shape index (κ2) is 15.0. The molecule has 2 saturated heterocycles. The molecule has 0 spiro atoms. The van der Waals surface area contributed by atoms with Crippen molar-refractivity contribution in [3.63, 3.8) is 0 Å². The van der Waals surface area contributed by atoms with Gasteiger partial charge in [-0.2, -0.15) is 14.7 Å². The van der Waals surface area contributed by atoms with Crippen molar-refractivity contribution >= 4 is 66.9 Å². The highest BCUT2D eigenvalue weighted by Crippen LogP contribution is 2.32. The molecule has 4 aromatic heterocycles. The molecule has 0 saturated carbocycles.